The monoisotopic (exact) mass is 344 g/mol. The minimum absolute atomic E-state index is 0.208. The third kappa shape index (κ3) is 5.85. The van der Waals surface area contributed by atoms with Crippen molar-refractivity contribution in [3.63, 3.8) is 0 Å². The molecule has 1 heterocycles. The first-order valence-corrected chi connectivity index (χ1v) is 7.46. The number of unbranched alkanes of at least 4 members (excludes halogenated alkanes) is 1. The molecule has 0 aromatic carbocycles. The number of nitrogens with zero attached hydrogens (tertiary/aromatic N) is 1. The summed E-state index contributed by atoms with van der Waals surface area (Å²) in [6, 6.07) is 1.68. The summed E-state index contributed by atoms with van der Waals surface area (Å²) in [6.45, 7) is 4.11. The van der Waals surface area contributed by atoms with Crippen LogP contribution in [-0.2, 0) is 4.74 Å². The molecule has 0 saturated heterocycles. The zero-order chi connectivity index (χ0) is 14.8. The summed E-state index contributed by atoms with van der Waals surface area (Å²) < 4.78 is 6.15. The van der Waals surface area contributed by atoms with E-state index in [2.05, 4.69) is 38.6 Å². The molecule has 1 amide bonds. The van der Waals surface area contributed by atoms with E-state index < -0.39 is 0 Å². The molecule has 4 N–H and O–H groups in total. The smallest absolute Gasteiger partial charge is 0.255 e. The van der Waals surface area contributed by atoms with Crippen molar-refractivity contribution in [2.75, 3.05) is 25.2 Å². The number of aromatic nitrogens is 1. The molecule has 0 bridgehead atoms. The number of ether oxygens (including phenoxy) is 1. The van der Waals surface area contributed by atoms with Crippen LogP contribution in [0.2, 0.25) is 0 Å². The summed E-state index contributed by atoms with van der Waals surface area (Å²) >= 11 is 3.28. The number of amides is 1. The maximum atomic E-state index is 12.0. The Balaban J connectivity index is 2.34. The van der Waals surface area contributed by atoms with Gasteiger partial charge in [0.2, 0.25) is 0 Å². The minimum atomic E-state index is -0.208. The van der Waals surface area contributed by atoms with Crippen molar-refractivity contribution in [3.8, 4) is 0 Å². The second kappa shape index (κ2) is 9.68. The summed E-state index contributed by atoms with van der Waals surface area (Å²) in [5, 5.41) is 2.82. The van der Waals surface area contributed by atoms with E-state index in [0.29, 0.717) is 24.5 Å². The number of nitrogens with one attached hydrogen (secondary N) is 2. The van der Waals surface area contributed by atoms with E-state index in [4.69, 9.17) is 10.6 Å². The molecular weight excluding hydrogens is 324 g/mol. The highest BCUT2D eigenvalue weighted by Crippen LogP contribution is 2.16. The second-order valence-corrected chi connectivity index (χ2v) is 5.19. The van der Waals surface area contributed by atoms with Crippen LogP contribution >= 0.6 is 15.9 Å². The van der Waals surface area contributed by atoms with E-state index in [1.807, 2.05) is 0 Å². The summed E-state index contributed by atoms with van der Waals surface area (Å²) in [7, 11) is 0. The molecule has 6 nitrogen and oxygen atoms in total. The Morgan fingerprint density at radius 1 is 1.45 bits per heavy atom. The van der Waals surface area contributed by atoms with Crippen LogP contribution < -0.4 is 16.6 Å². The number of hydrogen-bond acceptors (Lipinski definition) is 5. The van der Waals surface area contributed by atoms with Crippen LogP contribution in [0.25, 0.3) is 0 Å². The lowest BCUT2D eigenvalue weighted by Gasteiger charge is -2.09. The number of hydrogen-bond donors (Lipinski definition) is 3. The fourth-order valence-corrected chi connectivity index (χ4v) is 1.88. The largest absolute Gasteiger partial charge is 0.381 e. The summed E-state index contributed by atoms with van der Waals surface area (Å²) in [5.41, 5.74) is 2.82. The van der Waals surface area contributed by atoms with Crippen molar-refractivity contribution < 1.29 is 9.53 Å². The number of halogens is 1. The Morgan fingerprint density at radius 2 is 2.20 bits per heavy atom. The SMILES string of the molecule is CCCCOCCCNC(=O)c1cc(Br)cnc1NN. The maximum absolute atomic E-state index is 12.0. The number of anilines is 1. The molecule has 0 radical (unpaired) electrons. The van der Waals surface area contributed by atoms with E-state index in [-0.39, 0.29) is 5.91 Å². The Morgan fingerprint density at radius 3 is 2.90 bits per heavy atom. The molecule has 112 valence electrons. The Kier molecular flexibility index (Phi) is 8.17. The van der Waals surface area contributed by atoms with Crippen LogP contribution in [0, 0.1) is 0 Å². The predicted molar refractivity (Wildman–Crippen MR) is 82.4 cm³/mol. The van der Waals surface area contributed by atoms with Gasteiger partial charge in [0.05, 0.1) is 5.56 Å². The van der Waals surface area contributed by atoms with Gasteiger partial charge in [0.25, 0.3) is 5.91 Å². The third-order valence-corrected chi connectivity index (χ3v) is 3.06. The van der Waals surface area contributed by atoms with Crippen molar-refractivity contribution in [2.24, 2.45) is 5.84 Å². The fraction of sp³-hybridized carbons (Fsp3) is 0.538. The summed E-state index contributed by atoms with van der Waals surface area (Å²) in [6.07, 6.45) is 4.55. The number of nitrogens with two attached hydrogens (primary N) is 1. The second-order valence-electron chi connectivity index (χ2n) is 4.27. The molecule has 0 aliphatic heterocycles. The molecule has 1 rings (SSSR count). The topological polar surface area (TPSA) is 89.3 Å². The number of nitrogen functional groups attached to an aromatic ring is 1. The van der Waals surface area contributed by atoms with E-state index in [1.54, 1.807) is 12.3 Å². The van der Waals surface area contributed by atoms with Gasteiger partial charge in [-0.05, 0) is 34.8 Å². The highest BCUT2D eigenvalue weighted by atomic mass is 79.9. The van der Waals surface area contributed by atoms with Gasteiger partial charge < -0.3 is 15.5 Å². The maximum Gasteiger partial charge on any atom is 0.255 e. The van der Waals surface area contributed by atoms with Crippen LogP contribution in [0.15, 0.2) is 16.7 Å². The van der Waals surface area contributed by atoms with Crippen LogP contribution in [0.4, 0.5) is 5.82 Å². The average molecular weight is 345 g/mol. The first kappa shape index (κ1) is 16.9. The molecule has 0 unspecified atom stereocenters. The van der Waals surface area contributed by atoms with E-state index >= 15 is 0 Å². The Labute approximate surface area is 127 Å². The number of hydrazine groups is 1. The molecule has 7 heteroatoms. The molecule has 0 aliphatic carbocycles. The standard InChI is InChI=1S/C13H21BrN4O2/c1-2-3-6-20-7-4-5-16-13(19)11-8-10(14)9-17-12(11)18-15/h8-9H,2-7,15H2,1H3,(H,16,19)(H,17,18). The number of pyridine rings is 1. The zero-order valence-electron chi connectivity index (χ0n) is 11.6. The van der Waals surface area contributed by atoms with Crippen LogP contribution in [-0.4, -0.2) is 30.6 Å². The first-order chi connectivity index (χ1) is 9.69. The van der Waals surface area contributed by atoms with Crippen molar-refractivity contribution in [1.82, 2.24) is 10.3 Å². The van der Waals surface area contributed by atoms with Gasteiger partial charge >= 0.3 is 0 Å². The molecule has 0 saturated carbocycles. The van der Waals surface area contributed by atoms with E-state index in [9.17, 15) is 4.79 Å². The minimum Gasteiger partial charge on any atom is -0.381 e. The zero-order valence-corrected chi connectivity index (χ0v) is 13.2. The van der Waals surface area contributed by atoms with Gasteiger partial charge in [-0.3, -0.25) is 4.79 Å². The Bertz CT molecular complexity index is 429. The van der Waals surface area contributed by atoms with Crippen molar-refractivity contribution in [3.05, 3.63) is 22.3 Å². The molecule has 0 spiro atoms. The van der Waals surface area contributed by atoms with Gasteiger partial charge in [-0.1, -0.05) is 13.3 Å². The number of rotatable bonds is 9. The third-order valence-electron chi connectivity index (χ3n) is 2.63. The van der Waals surface area contributed by atoms with E-state index in [0.717, 1.165) is 30.3 Å². The van der Waals surface area contributed by atoms with Gasteiger partial charge in [-0.25, -0.2) is 10.8 Å². The molecule has 1 aromatic heterocycles. The molecule has 0 aliphatic rings. The normalized spacial score (nSPS) is 10.3. The van der Waals surface area contributed by atoms with E-state index in [1.165, 1.54) is 0 Å². The lowest BCUT2D eigenvalue weighted by atomic mass is 10.2. The molecule has 20 heavy (non-hydrogen) atoms. The Hall–Kier alpha value is -1.18. The molecule has 1 aromatic rings. The van der Waals surface area contributed by atoms with Crippen molar-refractivity contribution in [2.45, 2.75) is 26.2 Å². The van der Waals surface area contributed by atoms with Crippen molar-refractivity contribution >= 4 is 27.7 Å². The van der Waals surface area contributed by atoms with Gasteiger partial charge in [0.1, 0.15) is 0 Å². The number of carbonyl (C=O) groups excluding carboxylic acids is 1. The molecular formula is C13H21BrN4O2. The lowest BCUT2D eigenvalue weighted by Crippen LogP contribution is -2.27. The highest BCUT2D eigenvalue weighted by Gasteiger charge is 2.12. The van der Waals surface area contributed by atoms with Gasteiger partial charge in [0.15, 0.2) is 5.82 Å². The fourth-order valence-electron chi connectivity index (χ4n) is 1.55. The number of carbonyl (C=O) groups is 1. The average Bonchev–Trinajstić information content (AvgIpc) is 2.46. The van der Waals surface area contributed by atoms with Gasteiger partial charge in [0, 0.05) is 30.4 Å². The van der Waals surface area contributed by atoms with Crippen LogP contribution in [0.1, 0.15) is 36.5 Å². The summed E-state index contributed by atoms with van der Waals surface area (Å²) in [5.74, 6) is 5.48. The quantitative estimate of drug-likeness (QED) is 0.362. The summed E-state index contributed by atoms with van der Waals surface area (Å²) in [4.78, 5) is 16.0. The van der Waals surface area contributed by atoms with Crippen molar-refractivity contribution in [1.29, 1.82) is 0 Å². The lowest BCUT2D eigenvalue weighted by molar-refractivity contribution is 0.0941. The first-order valence-electron chi connectivity index (χ1n) is 6.67. The molecule has 0 atom stereocenters. The predicted octanol–water partition coefficient (Wildman–Crippen LogP) is 2.07. The van der Waals surface area contributed by atoms with Crippen LogP contribution in [0.5, 0.6) is 0 Å². The highest BCUT2D eigenvalue weighted by molar-refractivity contribution is 9.10. The van der Waals surface area contributed by atoms with Gasteiger partial charge in [-0.2, -0.15) is 0 Å². The van der Waals surface area contributed by atoms with Gasteiger partial charge in [-0.15, -0.1) is 0 Å². The molecule has 0 fully saturated rings. The van der Waals surface area contributed by atoms with Crippen LogP contribution in [0.3, 0.4) is 0 Å².